The van der Waals surface area contributed by atoms with E-state index in [0.717, 1.165) is 0 Å². The number of nitriles is 1. The van der Waals surface area contributed by atoms with Gasteiger partial charge in [-0.25, -0.2) is 0 Å². The van der Waals surface area contributed by atoms with E-state index in [4.69, 9.17) is 16.9 Å². The fourth-order valence-corrected chi connectivity index (χ4v) is 0.758. The van der Waals surface area contributed by atoms with Gasteiger partial charge in [0.05, 0.1) is 6.07 Å². The standard InChI is InChI=1S/C6H5ClN2/c7-5-1-2-9-6(3-5)4-8/h1-3,6,9H. The Morgan fingerprint density at radius 3 is 3.00 bits per heavy atom. The first-order chi connectivity index (χ1) is 4.33. The SMILES string of the molecule is N#CC1C=C(Cl)C=CN1. The van der Waals surface area contributed by atoms with Crippen LogP contribution in [-0.4, -0.2) is 6.04 Å². The van der Waals surface area contributed by atoms with E-state index < -0.39 is 0 Å². The molecule has 1 aliphatic rings. The molecule has 0 saturated heterocycles. The number of hydrogen-bond acceptors (Lipinski definition) is 2. The van der Waals surface area contributed by atoms with Gasteiger partial charge in [0.25, 0.3) is 0 Å². The van der Waals surface area contributed by atoms with Gasteiger partial charge in [-0.15, -0.1) is 0 Å². The van der Waals surface area contributed by atoms with Crippen LogP contribution in [0.3, 0.4) is 0 Å². The molecule has 0 aromatic heterocycles. The van der Waals surface area contributed by atoms with E-state index in [-0.39, 0.29) is 6.04 Å². The van der Waals surface area contributed by atoms with Gasteiger partial charge in [0, 0.05) is 5.03 Å². The van der Waals surface area contributed by atoms with Crippen molar-refractivity contribution in [3.8, 4) is 6.07 Å². The van der Waals surface area contributed by atoms with Crippen LogP contribution < -0.4 is 5.32 Å². The third kappa shape index (κ3) is 1.48. The van der Waals surface area contributed by atoms with Gasteiger partial charge in [-0.2, -0.15) is 5.26 Å². The van der Waals surface area contributed by atoms with Gasteiger partial charge in [-0.3, -0.25) is 0 Å². The molecule has 0 aromatic rings. The second kappa shape index (κ2) is 2.56. The fourth-order valence-electron chi connectivity index (χ4n) is 0.569. The van der Waals surface area contributed by atoms with E-state index in [1.165, 1.54) is 0 Å². The number of nitrogens with one attached hydrogen (secondary N) is 1. The number of halogens is 1. The maximum absolute atomic E-state index is 8.36. The highest BCUT2D eigenvalue weighted by molar-refractivity contribution is 6.31. The van der Waals surface area contributed by atoms with Crippen molar-refractivity contribution in [2.45, 2.75) is 6.04 Å². The van der Waals surface area contributed by atoms with Crippen molar-refractivity contribution in [3.05, 3.63) is 23.4 Å². The van der Waals surface area contributed by atoms with E-state index in [0.29, 0.717) is 5.03 Å². The lowest BCUT2D eigenvalue weighted by Gasteiger charge is -2.07. The topological polar surface area (TPSA) is 35.8 Å². The number of dihydropyridines is 1. The summed E-state index contributed by atoms with van der Waals surface area (Å²) in [6.07, 6.45) is 5.02. The predicted molar refractivity (Wildman–Crippen MR) is 35.6 cm³/mol. The second-order valence-electron chi connectivity index (χ2n) is 1.66. The number of rotatable bonds is 0. The summed E-state index contributed by atoms with van der Waals surface area (Å²) < 4.78 is 0. The van der Waals surface area contributed by atoms with E-state index >= 15 is 0 Å². The summed E-state index contributed by atoms with van der Waals surface area (Å²) in [6, 6.07) is 1.75. The average molecular weight is 141 g/mol. The molecule has 0 aliphatic carbocycles. The zero-order valence-electron chi connectivity index (χ0n) is 4.63. The highest BCUT2D eigenvalue weighted by Gasteiger charge is 2.03. The molecule has 46 valence electrons. The first-order valence-electron chi connectivity index (χ1n) is 2.52. The van der Waals surface area contributed by atoms with Gasteiger partial charge in [0.2, 0.25) is 0 Å². The van der Waals surface area contributed by atoms with Crippen LogP contribution in [0.25, 0.3) is 0 Å². The smallest absolute Gasteiger partial charge is 0.134 e. The monoisotopic (exact) mass is 140 g/mol. The van der Waals surface area contributed by atoms with Gasteiger partial charge < -0.3 is 5.32 Å². The molecule has 1 unspecified atom stereocenters. The molecule has 0 spiro atoms. The zero-order valence-corrected chi connectivity index (χ0v) is 5.39. The molecule has 1 rings (SSSR count). The normalized spacial score (nSPS) is 24.0. The van der Waals surface area contributed by atoms with Crippen LogP contribution in [0.2, 0.25) is 0 Å². The Morgan fingerprint density at radius 1 is 1.78 bits per heavy atom. The molecule has 3 heteroatoms. The maximum atomic E-state index is 8.36. The number of nitrogens with zero attached hydrogens (tertiary/aromatic N) is 1. The van der Waals surface area contributed by atoms with Crippen molar-refractivity contribution in [1.29, 1.82) is 5.26 Å². The highest BCUT2D eigenvalue weighted by atomic mass is 35.5. The molecule has 0 saturated carbocycles. The molecule has 0 bridgehead atoms. The second-order valence-corrected chi connectivity index (χ2v) is 2.09. The maximum Gasteiger partial charge on any atom is 0.134 e. The molecular weight excluding hydrogens is 136 g/mol. The Kier molecular flexibility index (Phi) is 1.76. The Hall–Kier alpha value is -0.940. The lowest BCUT2D eigenvalue weighted by molar-refractivity contribution is 0.838. The lowest BCUT2D eigenvalue weighted by atomic mass is 10.2. The Bertz CT molecular complexity index is 200. The van der Waals surface area contributed by atoms with Gasteiger partial charge >= 0.3 is 0 Å². The molecule has 0 aromatic carbocycles. The molecule has 0 radical (unpaired) electrons. The molecule has 0 fully saturated rings. The van der Waals surface area contributed by atoms with Crippen molar-refractivity contribution in [2.24, 2.45) is 0 Å². The minimum Gasteiger partial charge on any atom is -0.373 e. The van der Waals surface area contributed by atoms with Crippen molar-refractivity contribution < 1.29 is 0 Å². The summed E-state index contributed by atoms with van der Waals surface area (Å²) in [5, 5.41) is 11.8. The Labute approximate surface area is 58.4 Å². The average Bonchev–Trinajstić information content (AvgIpc) is 1.88. The van der Waals surface area contributed by atoms with Crippen molar-refractivity contribution in [3.63, 3.8) is 0 Å². The van der Waals surface area contributed by atoms with Gasteiger partial charge in [-0.1, -0.05) is 11.6 Å². The first kappa shape index (κ1) is 6.18. The summed E-state index contributed by atoms with van der Waals surface area (Å²) in [5.74, 6) is 0. The largest absolute Gasteiger partial charge is 0.373 e. The van der Waals surface area contributed by atoms with E-state index in [2.05, 4.69) is 5.32 Å². The van der Waals surface area contributed by atoms with Crippen LogP contribution in [-0.2, 0) is 0 Å². The summed E-state index contributed by atoms with van der Waals surface area (Å²) in [4.78, 5) is 0. The summed E-state index contributed by atoms with van der Waals surface area (Å²) >= 11 is 5.57. The van der Waals surface area contributed by atoms with E-state index in [1.54, 1.807) is 18.4 Å². The molecular formula is C6H5ClN2. The highest BCUT2D eigenvalue weighted by Crippen LogP contribution is 2.07. The lowest BCUT2D eigenvalue weighted by Crippen LogP contribution is -2.21. The van der Waals surface area contributed by atoms with Crippen LogP contribution in [0.15, 0.2) is 23.4 Å². The van der Waals surface area contributed by atoms with Crippen molar-refractivity contribution in [1.82, 2.24) is 5.32 Å². The van der Waals surface area contributed by atoms with Gasteiger partial charge in [0.1, 0.15) is 6.04 Å². The molecule has 9 heavy (non-hydrogen) atoms. The Morgan fingerprint density at radius 2 is 2.56 bits per heavy atom. The first-order valence-corrected chi connectivity index (χ1v) is 2.90. The zero-order chi connectivity index (χ0) is 6.69. The number of hydrogen-bond donors (Lipinski definition) is 1. The molecule has 1 atom stereocenters. The molecule has 1 heterocycles. The van der Waals surface area contributed by atoms with Crippen molar-refractivity contribution >= 4 is 11.6 Å². The third-order valence-electron chi connectivity index (χ3n) is 0.983. The van der Waals surface area contributed by atoms with Crippen LogP contribution in [0.1, 0.15) is 0 Å². The van der Waals surface area contributed by atoms with Gasteiger partial charge in [0.15, 0.2) is 0 Å². The van der Waals surface area contributed by atoms with Crippen LogP contribution in [0.5, 0.6) is 0 Å². The molecule has 0 amide bonds. The molecule has 1 N–H and O–H groups in total. The Balaban J connectivity index is 2.69. The van der Waals surface area contributed by atoms with E-state index in [1.807, 2.05) is 6.07 Å². The minimum absolute atomic E-state index is 0.262. The van der Waals surface area contributed by atoms with Crippen molar-refractivity contribution in [2.75, 3.05) is 0 Å². The fraction of sp³-hybridized carbons (Fsp3) is 0.167. The van der Waals surface area contributed by atoms with Crippen LogP contribution in [0.4, 0.5) is 0 Å². The number of allylic oxidation sites excluding steroid dienone is 2. The third-order valence-corrected chi connectivity index (χ3v) is 1.24. The minimum atomic E-state index is -0.262. The van der Waals surface area contributed by atoms with Gasteiger partial charge in [-0.05, 0) is 18.4 Å². The molecule has 1 aliphatic heterocycles. The van der Waals surface area contributed by atoms with Crippen LogP contribution >= 0.6 is 11.6 Å². The summed E-state index contributed by atoms with van der Waals surface area (Å²) in [5.41, 5.74) is 0. The van der Waals surface area contributed by atoms with E-state index in [9.17, 15) is 0 Å². The predicted octanol–water partition coefficient (Wildman–Crippen LogP) is 1.12. The molecule has 2 nitrogen and oxygen atoms in total. The quantitative estimate of drug-likeness (QED) is 0.547. The summed E-state index contributed by atoms with van der Waals surface area (Å²) in [7, 11) is 0. The summed E-state index contributed by atoms with van der Waals surface area (Å²) in [6.45, 7) is 0. The van der Waals surface area contributed by atoms with Crippen LogP contribution in [0, 0.1) is 11.3 Å².